The van der Waals surface area contributed by atoms with Crippen molar-refractivity contribution in [3.63, 3.8) is 0 Å². The molecule has 106 valence electrons. The Morgan fingerprint density at radius 1 is 1.42 bits per heavy atom. The minimum atomic E-state index is -0.415. The van der Waals surface area contributed by atoms with Gasteiger partial charge in [0, 0.05) is 18.5 Å². The van der Waals surface area contributed by atoms with E-state index in [2.05, 4.69) is 16.3 Å². The standard InChI is InChI=1S/C14H24N4O/c1-14(10-15,17-12-2-3-12)6-9-18-7-4-11(5-8-18)13(16)19/h11-12,17H,2-9H2,1H3,(H2,16,19). The molecule has 0 bridgehead atoms. The Morgan fingerprint density at radius 3 is 2.53 bits per heavy atom. The van der Waals surface area contributed by atoms with Crippen LogP contribution in [-0.4, -0.2) is 42.0 Å². The predicted octanol–water partition coefficient (Wildman–Crippen LogP) is 0.608. The van der Waals surface area contributed by atoms with Crippen molar-refractivity contribution in [1.29, 1.82) is 5.26 Å². The molecule has 3 N–H and O–H groups in total. The predicted molar refractivity (Wildman–Crippen MR) is 73.2 cm³/mol. The molecule has 1 atom stereocenters. The zero-order valence-electron chi connectivity index (χ0n) is 11.7. The van der Waals surface area contributed by atoms with Gasteiger partial charge in [-0.3, -0.25) is 10.1 Å². The number of carbonyl (C=O) groups is 1. The number of hydrogen-bond donors (Lipinski definition) is 2. The molecule has 2 rings (SSSR count). The lowest BCUT2D eigenvalue weighted by atomic mass is 9.94. The number of hydrogen-bond acceptors (Lipinski definition) is 4. The molecule has 0 spiro atoms. The zero-order valence-corrected chi connectivity index (χ0v) is 11.7. The molecule has 0 aromatic rings. The number of carbonyl (C=O) groups excluding carboxylic acids is 1. The van der Waals surface area contributed by atoms with Crippen LogP contribution in [0.2, 0.25) is 0 Å². The van der Waals surface area contributed by atoms with Crippen LogP contribution in [-0.2, 0) is 4.79 Å². The third-order valence-electron chi connectivity index (χ3n) is 4.26. The third kappa shape index (κ3) is 4.19. The minimum Gasteiger partial charge on any atom is -0.369 e. The maximum atomic E-state index is 11.1. The maximum absolute atomic E-state index is 11.1. The second-order valence-corrected chi connectivity index (χ2v) is 6.13. The summed E-state index contributed by atoms with van der Waals surface area (Å²) in [7, 11) is 0. The fourth-order valence-electron chi connectivity index (χ4n) is 2.66. The Labute approximate surface area is 115 Å². The Balaban J connectivity index is 1.73. The minimum absolute atomic E-state index is 0.0446. The second-order valence-electron chi connectivity index (χ2n) is 6.13. The third-order valence-corrected chi connectivity index (χ3v) is 4.26. The Morgan fingerprint density at radius 2 is 2.05 bits per heavy atom. The summed E-state index contributed by atoms with van der Waals surface area (Å²) in [6.45, 7) is 4.73. The van der Waals surface area contributed by atoms with Gasteiger partial charge in [-0.1, -0.05) is 0 Å². The van der Waals surface area contributed by atoms with Crippen molar-refractivity contribution < 1.29 is 4.79 Å². The van der Waals surface area contributed by atoms with Gasteiger partial charge in [0.25, 0.3) is 0 Å². The van der Waals surface area contributed by atoms with E-state index in [4.69, 9.17) is 5.73 Å². The van der Waals surface area contributed by atoms with Crippen molar-refractivity contribution >= 4 is 5.91 Å². The van der Waals surface area contributed by atoms with Crippen LogP contribution < -0.4 is 11.1 Å². The van der Waals surface area contributed by atoms with Gasteiger partial charge in [-0.15, -0.1) is 0 Å². The fourth-order valence-corrected chi connectivity index (χ4v) is 2.66. The van der Waals surface area contributed by atoms with E-state index in [9.17, 15) is 10.1 Å². The summed E-state index contributed by atoms with van der Waals surface area (Å²) >= 11 is 0. The number of likely N-dealkylation sites (tertiary alicyclic amines) is 1. The molecule has 1 unspecified atom stereocenters. The molecule has 0 aromatic heterocycles. The summed E-state index contributed by atoms with van der Waals surface area (Å²) in [6.07, 6.45) is 4.94. The SMILES string of the molecule is CC(C#N)(CCN1CCC(C(N)=O)CC1)NC1CC1. The zero-order chi connectivity index (χ0) is 13.9. The number of amides is 1. The highest BCUT2D eigenvalue weighted by Crippen LogP contribution is 2.24. The topological polar surface area (TPSA) is 82.2 Å². The lowest BCUT2D eigenvalue weighted by Gasteiger charge is -2.33. The molecule has 2 fully saturated rings. The highest BCUT2D eigenvalue weighted by atomic mass is 16.1. The average molecular weight is 264 g/mol. The molecule has 1 saturated carbocycles. The number of rotatable bonds is 6. The van der Waals surface area contributed by atoms with E-state index in [-0.39, 0.29) is 11.8 Å². The molecule has 1 aliphatic heterocycles. The van der Waals surface area contributed by atoms with Crippen molar-refractivity contribution in [2.45, 2.75) is 50.6 Å². The van der Waals surface area contributed by atoms with Crippen LogP contribution >= 0.6 is 0 Å². The molecule has 5 nitrogen and oxygen atoms in total. The highest BCUT2D eigenvalue weighted by molar-refractivity contribution is 5.76. The molecule has 0 aromatic carbocycles. The highest BCUT2D eigenvalue weighted by Gasteiger charge is 2.33. The first-order valence-electron chi connectivity index (χ1n) is 7.23. The van der Waals surface area contributed by atoms with Gasteiger partial charge in [0.05, 0.1) is 6.07 Å². The van der Waals surface area contributed by atoms with Crippen molar-refractivity contribution in [1.82, 2.24) is 10.2 Å². The Hall–Kier alpha value is -1.12. The molecular formula is C14H24N4O. The van der Waals surface area contributed by atoms with Gasteiger partial charge in [0.1, 0.15) is 5.54 Å². The number of primary amides is 1. The van der Waals surface area contributed by atoms with Gasteiger partial charge >= 0.3 is 0 Å². The van der Waals surface area contributed by atoms with Gasteiger partial charge in [-0.25, -0.2) is 0 Å². The number of nitrogens with two attached hydrogens (primary N) is 1. The van der Waals surface area contributed by atoms with Crippen molar-refractivity contribution in [2.75, 3.05) is 19.6 Å². The van der Waals surface area contributed by atoms with Gasteiger partial charge in [0.2, 0.25) is 5.91 Å². The van der Waals surface area contributed by atoms with E-state index < -0.39 is 5.54 Å². The number of nitrogens with one attached hydrogen (secondary N) is 1. The van der Waals surface area contributed by atoms with Crippen LogP contribution in [0.3, 0.4) is 0 Å². The van der Waals surface area contributed by atoms with E-state index in [1.807, 2.05) is 6.92 Å². The molecular weight excluding hydrogens is 240 g/mol. The molecule has 1 amide bonds. The van der Waals surface area contributed by atoms with Crippen LogP contribution in [0.25, 0.3) is 0 Å². The van der Waals surface area contributed by atoms with Crippen LogP contribution in [0.1, 0.15) is 39.0 Å². The van der Waals surface area contributed by atoms with Gasteiger partial charge in [-0.2, -0.15) is 5.26 Å². The first-order chi connectivity index (χ1) is 9.02. The lowest BCUT2D eigenvalue weighted by molar-refractivity contribution is -0.123. The number of piperidine rings is 1. The smallest absolute Gasteiger partial charge is 0.220 e. The first kappa shape index (κ1) is 14.3. The van der Waals surface area contributed by atoms with E-state index in [0.29, 0.717) is 6.04 Å². The summed E-state index contributed by atoms with van der Waals surface area (Å²) < 4.78 is 0. The van der Waals surface area contributed by atoms with Crippen LogP contribution in [0.4, 0.5) is 0 Å². The fraction of sp³-hybridized carbons (Fsp3) is 0.857. The normalized spacial score (nSPS) is 24.6. The number of nitriles is 1. The quantitative estimate of drug-likeness (QED) is 0.736. The number of nitrogens with zero attached hydrogens (tertiary/aromatic N) is 2. The van der Waals surface area contributed by atoms with E-state index in [1.165, 1.54) is 12.8 Å². The van der Waals surface area contributed by atoms with Gasteiger partial charge in [0.15, 0.2) is 0 Å². The van der Waals surface area contributed by atoms with Crippen LogP contribution in [0, 0.1) is 17.2 Å². The summed E-state index contributed by atoms with van der Waals surface area (Å²) in [4.78, 5) is 13.4. The summed E-state index contributed by atoms with van der Waals surface area (Å²) in [5.41, 5.74) is 4.91. The summed E-state index contributed by atoms with van der Waals surface area (Å²) in [5, 5.41) is 12.7. The first-order valence-corrected chi connectivity index (χ1v) is 7.23. The van der Waals surface area contributed by atoms with E-state index >= 15 is 0 Å². The molecule has 1 saturated heterocycles. The lowest BCUT2D eigenvalue weighted by Crippen LogP contribution is -2.46. The molecule has 2 aliphatic rings. The van der Waals surface area contributed by atoms with Crippen LogP contribution in [0.5, 0.6) is 0 Å². The largest absolute Gasteiger partial charge is 0.369 e. The summed E-state index contributed by atoms with van der Waals surface area (Å²) in [5.74, 6) is -0.125. The Kier molecular flexibility index (Phi) is 4.43. The van der Waals surface area contributed by atoms with Gasteiger partial charge < -0.3 is 10.6 Å². The van der Waals surface area contributed by atoms with Crippen molar-refractivity contribution in [3.05, 3.63) is 0 Å². The van der Waals surface area contributed by atoms with E-state index in [0.717, 1.165) is 38.9 Å². The molecule has 19 heavy (non-hydrogen) atoms. The molecule has 1 heterocycles. The molecule has 5 heteroatoms. The summed E-state index contributed by atoms with van der Waals surface area (Å²) in [6, 6.07) is 2.95. The van der Waals surface area contributed by atoms with Crippen molar-refractivity contribution in [2.24, 2.45) is 11.7 Å². The van der Waals surface area contributed by atoms with Gasteiger partial charge in [-0.05, 0) is 52.1 Å². The average Bonchev–Trinajstić information content (AvgIpc) is 3.21. The Bertz CT molecular complexity index is 366. The maximum Gasteiger partial charge on any atom is 0.220 e. The monoisotopic (exact) mass is 264 g/mol. The van der Waals surface area contributed by atoms with Crippen LogP contribution in [0.15, 0.2) is 0 Å². The van der Waals surface area contributed by atoms with E-state index in [1.54, 1.807) is 0 Å². The molecule has 0 radical (unpaired) electrons. The molecule has 1 aliphatic carbocycles. The van der Waals surface area contributed by atoms with Crippen molar-refractivity contribution in [3.8, 4) is 6.07 Å². The second kappa shape index (κ2) is 5.89.